The molecule has 0 saturated carbocycles. The highest BCUT2D eigenvalue weighted by molar-refractivity contribution is 6.27. The summed E-state index contributed by atoms with van der Waals surface area (Å²) < 4.78 is 64.8. The lowest BCUT2D eigenvalue weighted by Gasteiger charge is -2.31. The fourth-order valence-electron chi connectivity index (χ4n) is 3.25. The Balaban J connectivity index is 0.000000678. The van der Waals surface area contributed by atoms with Gasteiger partial charge in [-0.05, 0) is 74.3 Å². The first-order chi connectivity index (χ1) is 16.6. The Kier molecular flexibility index (Phi) is 5.16. The number of nitriles is 1. The second kappa shape index (κ2) is 9.96. The summed E-state index contributed by atoms with van der Waals surface area (Å²) in [6, 6.07) is 13.1. The van der Waals surface area contributed by atoms with E-state index in [9.17, 15) is 4.39 Å². The molecule has 0 saturated heterocycles. The highest BCUT2D eigenvalue weighted by Crippen LogP contribution is 2.45. The number of hydrogen-bond acceptors (Lipinski definition) is 5. The zero-order valence-corrected chi connectivity index (χ0v) is 15.8. The largest absolute Gasteiger partial charge is 0.473 e. The molecule has 1 atom stereocenters. The van der Waals surface area contributed by atoms with Gasteiger partial charge in [-0.25, -0.2) is 14.0 Å². The number of benzene rings is 2. The average molecular weight is 420 g/mol. The molecular weight excluding hydrogens is 391 g/mol. The van der Waals surface area contributed by atoms with Gasteiger partial charge < -0.3 is 19.8 Å². The van der Waals surface area contributed by atoms with Gasteiger partial charge in [0.15, 0.2) is 0 Å². The summed E-state index contributed by atoms with van der Waals surface area (Å²) in [6.07, 6.45) is 0.508. The molecule has 1 aliphatic heterocycles. The summed E-state index contributed by atoms with van der Waals surface area (Å²) in [5.41, 5.74) is 1.82. The summed E-state index contributed by atoms with van der Waals surface area (Å²) in [7, 11) is 0. The van der Waals surface area contributed by atoms with E-state index < -0.39 is 37.3 Å². The Morgan fingerprint density at radius 1 is 1.23 bits per heavy atom. The molecule has 0 amide bonds. The van der Waals surface area contributed by atoms with Gasteiger partial charge >= 0.3 is 11.9 Å². The first-order valence-electron chi connectivity index (χ1n) is 11.8. The number of carboxylic acids is 2. The van der Waals surface area contributed by atoms with Crippen molar-refractivity contribution in [3.63, 3.8) is 0 Å². The third-order valence-corrected chi connectivity index (χ3v) is 4.55. The number of halogens is 1. The Morgan fingerprint density at radius 2 is 1.90 bits per heavy atom. The summed E-state index contributed by atoms with van der Waals surface area (Å²) in [5, 5.41) is 23.9. The van der Waals surface area contributed by atoms with Gasteiger partial charge in [0.05, 0.1) is 18.2 Å². The lowest BCUT2D eigenvalue weighted by molar-refractivity contribution is -0.159. The maximum Gasteiger partial charge on any atom is 0.414 e. The van der Waals surface area contributed by atoms with Crippen molar-refractivity contribution in [2.24, 2.45) is 0 Å². The highest BCUT2D eigenvalue weighted by Gasteiger charge is 2.41. The van der Waals surface area contributed by atoms with Gasteiger partial charge in [-0.1, -0.05) is 18.2 Å². The van der Waals surface area contributed by atoms with E-state index in [2.05, 4.69) is 6.07 Å². The smallest absolute Gasteiger partial charge is 0.414 e. The van der Waals surface area contributed by atoms with Crippen molar-refractivity contribution in [2.75, 3.05) is 20.5 Å². The van der Waals surface area contributed by atoms with Crippen LogP contribution in [0.15, 0.2) is 42.5 Å². The van der Waals surface area contributed by atoms with Crippen LogP contribution >= 0.6 is 0 Å². The number of carbonyl (C=O) groups is 2. The Hall–Kier alpha value is -3.28. The first-order valence-corrected chi connectivity index (χ1v) is 8.79. The third kappa shape index (κ3) is 5.41. The van der Waals surface area contributed by atoms with E-state index in [1.807, 2.05) is 0 Å². The van der Waals surface area contributed by atoms with Crippen LogP contribution in [0, 0.1) is 17.1 Å². The number of nitrogens with zero attached hydrogens (tertiary/aromatic N) is 2. The molecule has 1 heterocycles. The van der Waals surface area contributed by atoms with Crippen LogP contribution in [0.1, 0.15) is 43.3 Å². The van der Waals surface area contributed by atoms with Gasteiger partial charge in [-0.2, -0.15) is 5.26 Å². The standard InChI is InChI=1S/C20H21FN2O.C2H2O4/c1-23(2)11-3-10-20(17-5-7-18(21)8-6-17)19-9-4-15(13-22)12-16(19)14-24-20;3-1(4)2(5)6/h4-9,12H,3,10-11,14H2,1-2H3;(H,3,4)(H,5,6)/t20-;/m1./s1/i1D3,2D3;. The normalized spacial score (nSPS) is 20.7. The monoisotopic (exact) mass is 420 g/mol. The van der Waals surface area contributed by atoms with E-state index >= 15 is 0 Å². The van der Waals surface area contributed by atoms with Crippen molar-refractivity contribution in [2.45, 2.75) is 25.0 Å². The minimum Gasteiger partial charge on any atom is -0.473 e. The molecule has 0 unspecified atom stereocenters. The second-order valence-electron chi connectivity index (χ2n) is 6.47. The minimum absolute atomic E-state index is 0.190. The van der Waals surface area contributed by atoms with Crippen LogP contribution < -0.4 is 0 Å². The maximum atomic E-state index is 13.5. The molecule has 30 heavy (non-hydrogen) atoms. The molecule has 0 spiro atoms. The van der Waals surface area contributed by atoms with Gasteiger partial charge in [-0.15, -0.1) is 0 Å². The molecule has 2 aromatic carbocycles. The van der Waals surface area contributed by atoms with E-state index in [1.165, 1.54) is 12.1 Å². The molecule has 2 aromatic rings. The zero-order valence-electron chi connectivity index (χ0n) is 21.8. The van der Waals surface area contributed by atoms with Gasteiger partial charge in [0.25, 0.3) is 0 Å². The quantitative estimate of drug-likeness (QED) is 0.716. The number of rotatable bonds is 5. The van der Waals surface area contributed by atoms with Crippen molar-refractivity contribution >= 4 is 11.9 Å². The first kappa shape index (κ1) is 15.5. The number of aliphatic carboxylic acids is 2. The third-order valence-electron chi connectivity index (χ3n) is 4.55. The van der Waals surface area contributed by atoms with Crippen LogP contribution in [0.5, 0.6) is 0 Å². The molecular formula is C22H23FN2O5. The van der Waals surface area contributed by atoms with E-state index in [-0.39, 0.29) is 19.6 Å². The molecule has 0 radical (unpaired) electrons. The molecule has 0 aliphatic carbocycles. The molecule has 3 rings (SSSR count). The topological polar surface area (TPSA) is 111 Å². The molecule has 158 valence electrons. The molecule has 0 aromatic heterocycles. The minimum atomic E-state index is -2.76. The molecule has 8 heteroatoms. The summed E-state index contributed by atoms with van der Waals surface area (Å²) in [6.45, 7) is -5.47. The number of carboxylic acid groups (broad SMARTS) is 2. The van der Waals surface area contributed by atoms with Crippen molar-refractivity contribution in [3.8, 4) is 6.07 Å². The number of hydrogen-bond donors (Lipinski definition) is 2. The Morgan fingerprint density at radius 3 is 2.47 bits per heavy atom. The lowest BCUT2D eigenvalue weighted by atomic mass is 9.81. The van der Waals surface area contributed by atoms with E-state index in [0.29, 0.717) is 22.4 Å². The van der Waals surface area contributed by atoms with Gasteiger partial charge in [0.1, 0.15) is 11.4 Å². The molecule has 2 N–H and O–H groups in total. The number of ether oxygens (including phenoxy) is 1. The van der Waals surface area contributed by atoms with E-state index in [0.717, 1.165) is 11.1 Å². The SMILES string of the molecule is O=C(O)C(=O)O.[2H]C([2H])([2H])N(CCC[C@]1(c2ccc(F)cc2)OCc2cc(C#N)ccc21)C([2H])([2H])[2H]. The molecule has 0 bridgehead atoms. The summed E-state index contributed by atoms with van der Waals surface area (Å²) >= 11 is 0. The van der Waals surface area contributed by atoms with Crippen molar-refractivity contribution < 1.29 is 37.2 Å². The van der Waals surface area contributed by atoms with Crippen LogP contribution in [0.25, 0.3) is 0 Å². The van der Waals surface area contributed by atoms with Gasteiger partial charge in [0.2, 0.25) is 0 Å². The fourth-order valence-corrected chi connectivity index (χ4v) is 3.25. The Bertz CT molecular complexity index is 1120. The zero-order chi connectivity index (χ0) is 27.3. The number of fused-ring (bicyclic) bond motifs is 1. The molecule has 0 fully saturated rings. The molecule has 1 aliphatic rings. The van der Waals surface area contributed by atoms with Crippen molar-refractivity contribution in [1.82, 2.24) is 4.90 Å². The van der Waals surface area contributed by atoms with Crippen LogP contribution in [0.4, 0.5) is 4.39 Å². The lowest BCUT2D eigenvalue weighted by Crippen LogP contribution is -2.28. The van der Waals surface area contributed by atoms with Crippen LogP contribution in [-0.4, -0.2) is 47.5 Å². The highest BCUT2D eigenvalue weighted by atomic mass is 19.1. The summed E-state index contributed by atoms with van der Waals surface area (Å²) in [4.78, 5) is 18.7. The Labute approximate surface area is 182 Å². The predicted molar refractivity (Wildman–Crippen MR) is 106 cm³/mol. The van der Waals surface area contributed by atoms with Crippen molar-refractivity contribution in [3.05, 3.63) is 70.5 Å². The van der Waals surface area contributed by atoms with Gasteiger partial charge in [-0.3, -0.25) is 0 Å². The van der Waals surface area contributed by atoms with Crippen molar-refractivity contribution in [1.29, 1.82) is 5.26 Å². The molecule has 7 nitrogen and oxygen atoms in total. The maximum absolute atomic E-state index is 13.5. The predicted octanol–water partition coefficient (Wildman–Crippen LogP) is 2.97. The average Bonchev–Trinajstić information content (AvgIpc) is 3.14. The summed E-state index contributed by atoms with van der Waals surface area (Å²) in [5.74, 6) is -4.05. The fraction of sp³-hybridized carbons (Fsp3) is 0.318. The van der Waals surface area contributed by atoms with Crippen LogP contribution in [-0.2, 0) is 26.5 Å². The van der Waals surface area contributed by atoms with Crippen LogP contribution in [0.3, 0.4) is 0 Å². The van der Waals surface area contributed by atoms with Crippen LogP contribution in [0.2, 0.25) is 0 Å². The second-order valence-corrected chi connectivity index (χ2v) is 6.47. The van der Waals surface area contributed by atoms with E-state index in [1.54, 1.807) is 30.3 Å². The van der Waals surface area contributed by atoms with E-state index in [4.69, 9.17) is 38.0 Å². The van der Waals surface area contributed by atoms with Gasteiger partial charge in [0, 0.05) is 8.22 Å².